The van der Waals surface area contributed by atoms with Crippen molar-refractivity contribution in [3.05, 3.63) is 23.3 Å². The molecule has 2 N–H and O–H groups in total. The summed E-state index contributed by atoms with van der Waals surface area (Å²) in [7, 11) is 1.63. The molecule has 0 aliphatic carbocycles. The van der Waals surface area contributed by atoms with Crippen molar-refractivity contribution < 1.29 is 14.6 Å². The van der Waals surface area contributed by atoms with Gasteiger partial charge >= 0.3 is 0 Å². The number of benzene rings is 1. The largest absolute Gasteiger partial charge is 0.508 e. The number of hydrogen-bond acceptors (Lipinski definition) is 3. The highest BCUT2D eigenvalue weighted by atomic mass is 16.5. The van der Waals surface area contributed by atoms with Gasteiger partial charge in [-0.1, -0.05) is 6.92 Å². The molecular weight excluding hydrogens is 230 g/mol. The summed E-state index contributed by atoms with van der Waals surface area (Å²) in [5.41, 5.74) is 2.35. The average Bonchev–Trinajstić information content (AvgIpc) is 2.26. The highest BCUT2D eigenvalue weighted by Gasteiger charge is 2.11. The van der Waals surface area contributed by atoms with E-state index in [0.717, 1.165) is 16.8 Å². The van der Waals surface area contributed by atoms with E-state index in [1.54, 1.807) is 26.2 Å². The number of aryl methyl sites for hydroxylation is 2. The maximum absolute atomic E-state index is 11.8. The van der Waals surface area contributed by atoms with E-state index < -0.39 is 0 Å². The van der Waals surface area contributed by atoms with Gasteiger partial charge in [0.25, 0.3) is 0 Å². The Morgan fingerprint density at radius 1 is 1.39 bits per heavy atom. The molecule has 4 nitrogen and oxygen atoms in total. The first-order valence-electron chi connectivity index (χ1n) is 6.03. The number of carbonyl (C=O) groups excluding carboxylic acids is 1. The molecule has 0 heterocycles. The number of carbonyl (C=O) groups is 1. The maximum Gasteiger partial charge on any atom is 0.224 e. The van der Waals surface area contributed by atoms with Crippen molar-refractivity contribution >= 4 is 11.6 Å². The molecule has 0 aliphatic rings. The SMILES string of the molecule is COCC(C)CC(=O)Nc1cc(C)c(O)cc1C. The molecule has 0 radical (unpaired) electrons. The minimum atomic E-state index is -0.0345. The Bertz CT molecular complexity index is 429. The summed E-state index contributed by atoms with van der Waals surface area (Å²) in [5.74, 6) is 0.402. The number of phenols is 1. The number of hydrogen-bond donors (Lipinski definition) is 2. The number of phenolic OH excluding ortho intramolecular Hbond substituents is 1. The van der Waals surface area contributed by atoms with Gasteiger partial charge in [0.2, 0.25) is 5.91 Å². The quantitative estimate of drug-likeness (QED) is 0.791. The molecule has 1 amide bonds. The van der Waals surface area contributed by atoms with Gasteiger partial charge in [0, 0.05) is 25.8 Å². The normalized spacial score (nSPS) is 12.2. The van der Waals surface area contributed by atoms with Crippen LogP contribution >= 0.6 is 0 Å². The molecule has 0 bridgehead atoms. The lowest BCUT2D eigenvalue weighted by Gasteiger charge is -2.13. The average molecular weight is 251 g/mol. The first kappa shape index (κ1) is 14.5. The minimum absolute atomic E-state index is 0.0345. The molecule has 1 rings (SSSR count). The van der Waals surface area contributed by atoms with E-state index >= 15 is 0 Å². The van der Waals surface area contributed by atoms with Crippen LogP contribution in [0, 0.1) is 19.8 Å². The number of methoxy groups -OCH3 is 1. The van der Waals surface area contributed by atoms with Crippen molar-refractivity contribution in [3.63, 3.8) is 0 Å². The van der Waals surface area contributed by atoms with Gasteiger partial charge in [0.05, 0.1) is 0 Å². The predicted molar refractivity (Wildman–Crippen MR) is 71.9 cm³/mol. The summed E-state index contributed by atoms with van der Waals surface area (Å²) >= 11 is 0. The molecule has 0 saturated carbocycles. The molecule has 18 heavy (non-hydrogen) atoms. The molecule has 0 aliphatic heterocycles. The number of anilines is 1. The topological polar surface area (TPSA) is 58.6 Å². The molecule has 1 atom stereocenters. The van der Waals surface area contributed by atoms with E-state index in [1.165, 1.54) is 0 Å². The number of nitrogens with one attached hydrogen (secondary N) is 1. The molecular formula is C14H21NO3. The van der Waals surface area contributed by atoms with Crippen LogP contribution in [0.25, 0.3) is 0 Å². The lowest BCUT2D eigenvalue weighted by Crippen LogP contribution is -2.18. The second-order valence-corrected chi connectivity index (χ2v) is 4.77. The molecule has 1 aromatic rings. The second kappa shape index (κ2) is 6.40. The Labute approximate surface area is 108 Å². The van der Waals surface area contributed by atoms with Gasteiger partial charge in [-0.05, 0) is 43.0 Å². The molecule has 4 heteroatoms. The molecule has 0 fully saturated rings. The summed E-state index contributed by atoms with van der Waals surface area (Å²) in [6.45, 7) is 6.20. The van der Waals surface area contributed by atoms with Crippen molar-refractivity contribution in [2.24, 2.45) is 5.92 Å². The first-order valence-corrected chi connectivity index (χ1v) is 6.03. The highest BCUT2D eigenvalue weighted by Crippen LogP contribution is 2.25. The third-order valence-electron chi connectivity index (χ3n) is 2.80. The van der Waals surface area contributed by atoms with Gasteiger partial charge in [-0.25, -0.2) is 0 Å². The summed E-state index contributed by atoms with van der Waals surface area (Å²) < 4.78 is 5.00. The Morgan fingerprint density at radius 3 is 2.67 bits per heavy atom. The monoisotopic (exact) mass is 251 g/mol. The van der Waals surface area contributed by atoms with Crippen molar-refractivity contribution in [2.45, 2.75) is 27.2 Å². The van der Waals surface area contributed by atoms with E-state index in [9.17, 15) is 9.90 Å². The van der Waals surface area contributed by atoms with Gasteiger partial charge < -0.3 is 15.2 Å². The Kier molecular flexibility index (Phi) is 5.16. The summed E-state index contributed by atoms with van der Waals surface area (Å²) in [5, 5.41) is 12.4. The Balaban J connectivity index is 2.67. The van der Waals surface area contributed by atoms with Gasteiger partial charge in [-0.2, -0.15) is 0 Å². The fourth-order valence-corrected chi connectivity index (χ4v) is 1.80. The first-order chi connectivity index (χ1) is 8.43. The number of amides is 1. The number of aromatic hydroxyl groups is 1. The van der Waals surface area contributed by atoms with Crippen LogP contribution < -0.4 is 5.32 Å². The molecule has 1 unspecified atom stereocenters. The lowest BCUT2D eigenvalue weighted by atomic mass is 10.1. The molecule has 0 spiro atoms. The standard InChI is InChI=1S/C14H21NO3/c1-9(8-18-4)5-14(17)15-12-6-11(3)13(16)7-10(12)2/h6-7,9,16H,5,8H2,1-4H3,(H,15,17). The molecule has 1 aromatic carbocycles. The number of ether oxygens (including phenoxy) is 1. The lowest BCUT2D eigenvalue weighted by molar-refractivity contribution is -0.117. The molecule has 0 saturated heterocycles. The van der Waals surface area contributed by atoms with E-state index in [1.807, 2.05) is 13.8 Å². The van der Waals surface area contributed by atoms with Crippen LogP contribution in [0.2, 0.25) is 0 Å². The summed E-state index contributed by atoms with van der Waals surface area (Å²) in [6.07, 6.45) is 0.424. The maximum atomic E-state index is 11.8. The van der Waals surface area contributed by atoms with Crippen LogP contribution in [-0.2, 0) is 9.53 Å². The van der Waals surface area contributed by atoms with Crippen LogP contribution in [0.1, 0.15) is 24.5 Å². The van der Waals surface area contributed by atoms with Crippen molar-refractivity contribution in [1.29, 1.82) is 0 Å². The van der Waals surface area contributed by atoms with Gasteiger partial charge in [0.15, 0.2) is 0 Å². The van der Waals surface area contributed by atoms with Crippen LogP contribution in [0.5, 0.6) is 5.75 Å². The Morgan fingerprint density at radius 2 is 2.06 bits per heavy atom. The number of rotatable bonds is 5. The zero-order valence-corrected chi connectivity index (χ0v) is 11.4. The van der Waals surface area contributed by atoms with Gasteiger partial charge in [-0.15, -0.1) is 0 Å². The summed E-state index contributed by atoms with van der Waals surface area (Å²) in [4.78, 5) is 11.8. The van der Waals surface area contributed by atoms with E-state index in [0.29, 0.717) is 13.0 Å². The highest BCUT2D eigenvalue weighted by molar-refractivity contribution is 5.91. The van der Waals surface area contributed by atoms with Gasteiger partial charge in [0.1, 0.15) is 5.75 Å². The third kappa shape index (κ3) is 4.04. The fraction of sp³-hybridized carbons (Fsp3) is 0.500. The van der Waals surface area contributed by atoms with Crippen LogP contribution in [0.3, 0.4) is 0 Å². The molecule has 100 valence electrons. The van der Waals surface area contributed by atoms with E-state index in [-0.39, 0.29) is 17.6 Å². The predicted octanol–water partition coefficient (Wildman–Crippen LogP) is 2.62. The van der Waals surface area contributed by atoms with E-state index in [2.05, 4.69) is 5.32 Å². The summed E-state index contributed by atoms with van der Waals surface area (Å²) in [6, 6.07) is 3.44. The van der Waals surface area contributed by atoms with Crippen molar-refractivity contribution in [2.75, 3.05) is 19.0 Å². The van der Waals surface area contributed by atoms with Crippen LogP contribution in [-0.4, -0.2) is 24.7 Å². The van der Waals surface area contributed by atoms with Crippen molar-refractivity contribution in [1.82, 2.24) is 0 Å². The van der Waals surface area contributed by atoms with Crippen LogP contribution in [0.15, 0.2) is 12.1 Å². The molecule has 0 aromatic heterocycles. The third-order valence-corrected chi connectivity index (χ3v) is 2.80. The fourth-order valence-electron chi connectivity index (χ4n) is 1.80. The van der Waals surface area contributed by atoms with Crippen molar-refractivity contribution in [3.8, 4) is 5.75 Å². The van der Waals surface area contributed by atoms with Gasteiger partial charge in [-0.3, -0.25) is 4.79 Å². The second-order valence-electron chi connectivity index (χ2n) is 4.77. The zero-order chi connectivity index (χ0) is 13.7. The minimum Gasteiger partial charge on any atom is -0.508 e. The zero-order valence-electron chi connectivity index (χ0n) is 11.4. The smallest absolute Gasteiger partial charge is 0.224 e. The van der Waals surface area contributed by atoms with Crippen LogP contribution in [0.4, 0.5) is 5.69 Å². The van der Waals surface area contributed by atoms with E-state index in [4.69, 9.17) is 4.74 Å². The Hall–Kier alpha value is -1.55.